The number of aromatic nitrogens is 1. The first-order valence-corrected chi connectivity index (χ1v) is 7.83. The fourth-order valence-electron chi connectivity index (χ4n) is 1.86. The Morgan fingerprint density at radius 2 is 2.17 bits per heavy atom. The van der Waals surface area contributed by atoms with Gasteiger partial charge in [0.15, 0.2) is 0 Å². The maximum absolute atomic E-state index is 12.1. The maximum atomic E-state index is 12.1. The fraction of sp³-hybridized carbons (Fsp3) is 0.667. The highest BCUT2D eigenvalue weighted by molar-refractivity contribution is 7.89. The molecule has 0 aliphatic heterocycles. The van der Waals surface area contributed by atoms with Gasteiger partial charge in [-0.25, -0.2) is 13.1 Å². The molecule has 6 heteroatoms. The Labute approximate surface area is 108 Å². The summed E-state index contributed by atoms with van der Waals surface area (Å²) in [5.41, 5.74) is 6.55. The van der Waals surface area contributed by atoms with E-state index in [1.165, 1.54) is 0 Å². The Morgan fingerprint density at radius 3 is 2.67 bits per heavy atom. The van der Waals surface area contributed by atoms with E-state index in [9.17, 15) is 8.42 Å². The van der Waals surface area contributed by atoms with Crippen LogP contribution in [0, 0.1) is 5.92 Å². The molecule has 102 valence electrons. The number of nitrogens with one attached hydrogen (secondary N) is 1. The topological polar surface area (TPSA) is 77.1 Å². The summed E-state index contributed by atoms with van der Waals surface area (Å²) in [6.07, 6.45) is 3.93. The molecule has 0 saturated heterocycles. The molecular weight excluding hydrogens is 250 g/mol. The minimum absolute atomic E-state index is 0.291. The van der Waals surface area contributed by atoms with E-state index in [4.69, 9.17) is 5.73 Å². The first-order chi connectivity index (χ1) is 8.44. The van der Waals surface area contributed by atoms with Crippen LogP contribution in [0.5, 0.6) is 0 Å². The van der Waals surface area contributed by atoms with Crippen LogP contribution in [0.1, 0.15) is 38.4 Å². The van der Waals surface area contributed by atoms with Crippen molar-refractivity contribution in [2.45, 2.75) is 44.2 Å². The summed E-state index contributed by atoms with van der Waals surface area (Å²) in [6.45, 7) is 4.78. The zero-order chi connectivity index (χ0) is 13.3. The van der Waals surface area contributed by atoms with Crippen molar-refractivity contribution < 1.29 is 8.42 Å². The molecular formula is C12H21N3O2S. The number of hydrogen-bond acceptors (Lipinski definition) is 3. The summed E-state index contributed by atoms with van der Waals surface area (Å²) >= 11 is 0. The first kappa shape index (κ1) is 13.6. The average molecular weight is 271 g/mol. The highest BCUT2D eigenvalue weighted by Crippen LogP contribution is 2.37. The molecule has 0 radical (unpaired) electrons. The SMILES string of the molecule is CC(C)CNS(=O)(=O)c1cc(CN)n(C2CC2)c1. The van der Waals surface area contributed by atoms with Crippen molar-refractivity contribution in [2.24, 2.45) is 11.7 Å². The Balaban J connectivity index is 2.22. The van der Waals surface area contributed by atoms with E-state index in [-0.39, 0.29) is 0 Å². The second kappa shape index (κ2) is 5.03. The van der Waals surface area contributed by atoms with E-state index >= 15 is 0 Å². The van der Waals surface area contributed by atoms with Gasteiger partial charge in [0, 0.05) is 31.0 Å². The first-order valence-electron chi connectivity index (χ1n) is 6.34. The lowest BCUT2D eigenvalue weighted by molar-refractivity contribution is 0.560. The third kappa shape index (κ3) is 2.93. The predicted octanol–water partition coefficient (Wildman–Crippen LogP) is 1.22. The molecule has 1 fully saturated rings. The molecule has 2 rings (SSSR count). The molecule has 3 N–H and O–H groups in total. The highest BCUT2D eigenvalue weighted by Gasteiger charge is 2.27. The van der Waals surface area contributed by atoms with Gasteiger partial charge in [0.2, 0.25) is 10.0 Å². The number of hydrogen-bond donors (Lipinski definition) is 2. The van der Waals surface area contributed by atoms with Crippen molar-refractivity contribution in [3.05, 3.63) is 18.0 Å². The molecule has 0 unspecified atom stereocenters. The monoisotopic (exact) mass is 271 g/mol. The molecule has 1 aliphatic carbocycles. The number of rotatable bonds is 6. The van der Waals surface area contributed by atoms with E-state index in [1.54, 1.807) is 12.3 Å². The molecule has 1 aromatic rings. The van der Waals surface area contributed by atoms with Crippen LogP contribution < -0.4 is 10.5 Å². The summed E-state index contributed by atoms with van der Waals surface area (Å²) in [4.78, 5) is 0.329. The van der Waals surface area contributed by atoms with E-state index in [0.717, 1.165) is 18.5 Å². The van der Waals surface area contributed by atoms with E-state index < -0.39 is 10.0 Å². The van der Waals surface area contributed by atoms with Crippen molar-refractivity contribution in [2.75, 3.05) is 6.54 Å². The summed E-state index contributed by atoms with van der Waals surface area (Å²) in [5.74, 6) is 0.291. The number of nitrogens with zero attached hydrogens (tertiary/aromatic N) is 1. The van der Waals surface area contributed by atoms with Crippen LogP contribution in [-0.2, 0) is 16.6 Å². The van der Waals surface area contributed by atoms with Crippen molar-refractivity contribution >= 4 is 10.0 Å². The quantitative estimate of drug-likeness (QED) is 0.816. The fourth-order valence-corrected chi connectivity index (χ4v) is 3.12. The molecule has 5 nitrogen and oxygen atoms in total. The Hall–Kier alpha value is -0.850. The van der Waals surface area contributed by atoms with Gasteiger partial charge < -0.3 is 10.3 Å². The van der Waals surface area contributed by atoms with Crippen LogP contribution in [0.25, 0.3) is 0 Å². The van der Waals surface area contributed by atoms with E-state index in [1.807, 2.05) is 18.4 Å². The zero-order valence-corrected chi connectivity index (χ0v) is 11.7. The number of sulfonamides is 1. The minimum Gasteiger partial charge on any atom is -0.346 e. The van der Waals surface area contributed by atoms with Crippen molar-refractivity contribution in [1.82, 2.24) is 9.29 Å². The minimum atomic E-state index is -3.40. The maximum Gasteiger partial charge on any atom is 0.242 e. The van der Waals surface area contributed by atoms with Gasteiger partial charge in [-0.2, -0.15) is 0 Å². The molecule has 0 aromatic carbocycles. The third-order valence-corrected chi connectivity index (χ3v) is 4.44. The van der Waals surface area contributed by atoms with Crippen molar-refractivity contribution in [3.63, 3.8) is 0 Å². The summed E-state index contributed by atoms with van der Waals surface area (Å²) < 4.78 is 28.8. The summed E-state index contributed by atoms with van der Waals surface area (Å²) in [6, 6.07) is 2.12. The van der Waals surface area contributed by atoms with Crippen LogP contribution in [-0.4, -0.2) is 19.5 Å². The van der Waals surface area contributed by atoms with Gasteiger partial charge in [-0.05, 0) is 24.8 Å². The lowest BCUT2D eigenvalue weighted by Crippen LogP contribution is -2.27. The van der Waals surface area contributed by atoms with E-state index in [0.29, 0.717) is 29.9 Å². The molecule has 1 aliphatic rings. The van der Waals surface area contributed by atoms with Crippen LogP contribution in [0.15, 0.2) is 17.2 Å². The Kier molecular flexibility index (Phi) is 3.79. The van der Waals surface area contributed by atoms with Crippen LogP contribution in [0.4, 0.5) is 0 Å². The van der Waals surface area contributed by atoms with Gasteiger partial charge in [-0.3, -0.25) is 0 Å². The highest BCUT2D eigenvalue weighted by atomic mass is 32.2. The van der Waals surface area contributed by atoms with Gasteiger partial charge in [0.25, 0.3) is 0 Å². The molecule has 1 heterocycles. The van der Waals surface area contributed by atoms with Gasteiger partial charge in [-0.15, -0.1) is 0 Å². The van der Waals surface area contributed by atoms with Gasteiger partial charge in [-0.1, -0.05) is 13.8 Å². The van der Waals surface area contributed by atoms with E-state index in [2.05, 4.69) is 4.72 Å². The molecule has 0 atom stereocenters. The van der Waals surface area contributed by atoms with Crippen LogP contribution >= 0.6 is 0 Å². The molecule has 0 bridgehead atoms. The van der Waals surface area contributed by atoms with Crippen LogP contribution in [0.3, 0.4) is 0 Å². The van der Waals surface area contributed by atoms with Gasteiger partial charge >= 0.3 is 0 Å². The summed E-state index contributed by atoms with van der Waals surface area (Å²) in [5, 5.41) is 0. The van der Waals surface area contributed by atoms with Gasteiger partial charge in [0.1, 0.15) is 0 Å². The number of nitrogens with two attached hydrogens (primary N) is 1. The van der Waals surface area contributed by atoms with Crippen LogP contribution in [0.2, 0.25) is 0 Å². The standard InChI is InChI=1S/C12H21N3O2S/c1-9(2)7-14-18(16,17)12-5-11(6-13)15(8-12)10-3-4-10/h5,8-10,14H,3-4,6-7,13H2,1-2H3. The lowest BCUT2D eigenvalue weighted by Gasteiger charge is -2.07. The normalized spacial score (nSPS) is 16.4. The third-order valence-electron chi connectivity index (χ3n) is 3.05. The molecule has 0 amide bonds. The second-order valence-corrected chi connectivity index (χ2v) is 7.02. The van der Waals surface area contributed by atoms with Gasteiger partial charge in [0.05, 0.1) is 4.90 Å². The molecule has 1 aromatic heterocycles. The summed E-state index contributed by atoms with van der Waals surface area (Å²) in [7, 11) is -3.40. The zero-order valence-electron chi connectivity index (χ0n) is 10.9. The lowest BCUT2D eigenvalue weighted by atomic mass is 10.2. The predicted molar refractivity (Wildman–Crippen MR) is 70.6 cm³/mol. The Morgan fingerprint density at radius 1 is 1.50 bits per heavy atom. The molecule has 18 heavy (non-hydrogen) atoms. The second-order valence-electron chi connectivity index (χ2n) is 5.26. The van der Waals surface area contributed by atoms with Crippen molar-refractivity contribution in [1.29, 1.82) is 0 Å². The average Bonchev–Trinajstić information content (AvgIpc) is 3.05. The smallest absolute Gasteiger partial charge is 0.242 e. The van der Waals surface area contributed by atoms with Crippen molar-refractivity contribution in [3.8, 4) is 0 Å². The largest absolute Gasteiger partial charge is 0.346 e. The molecule has 1 saturated carbocycles. The Bertz CT molecular complexity index is 515. The molecule has 0 spiro atoms.